The lowest BCUT2D eigenvalue weighted by atomic mass is 9.83. The molecule has 1 fully saturated rings. The average molecular weight is 548 g/mol. The van der Waals surface area contributed by atoms with Gasteiger partial charge < -0.3 is 15.0 Å². The zero-order valence-corrected chi connectivity index (χ0v) is 21.1. The van der Waals surface area contributed by atoms with E-state index in [4.69, 9.17) is 4.74 Å². The Bertz CT molecular complexity index is 1170. The molecule has 0 saturated carbocycles. The number of ether oxygens (including phenoxy) is 1. The molecule has 208 valence electrons. The van der Waals surface area contributed by atoms with E-state index in [1.807, 2.05) is 0 Å². The first-order chi connectivity index (χ1) is 17.3. The van der Waals surface area contributed by atoms with Crippen LogP contribution in [0.2, 0.25) is 0 Å². The molecule has 1 aliphatic heterocycles. The molecule has 2 unspecified atom stereocenters. The fourth-order valence-corrected chi connectivity index (χ4v) is 4.33. The molecule has 0 bridgehead atoms. The zero-order chi connectivity index (χ0) is 28.6. The number of likely N-dealkylation sites (tertiary alicyclic amines) is 1. The number of amides is 2. The molecular weight excluding hydrogens is 521 g/mol. The van der Waals surface area contributed by atoms with Crippen LogP contribution >= 0.6 is 0 Å². The maximum absolute atomic E-state index is 13.8. The summed E-state index contributed by atoms with van der Waals surface area (Å²) in [6.07, 6.45) is -10.7. The molecule has 2 amide bonds. The molecule has 0 radical (unpaired) electrons. The summed E-state index contributed by atoms with van der Waals surface area (Å²) in [5, 5.41) is 2.54. The first kappa shape index (κ1) is 29.2. The predicted molar refractivity (Wildman–Crippen MR) is 124 cm³/mol. The van der Waals surface area contributed by atoms with Gasteiger partial charge in [-0.2, -0.15) is 26.3 Å². The number of aryl methyl sites for hydroxylation is 1. The van der Waals surface area contributed by atoms with Gasteiger partial charge in [0.1, 0.15) is 11.4 Å². The van der Waals surface area contributed by atoms with E-state index in [2.05, 4.69) is 5.32 Å². The van der Waals surface area contributed by atoms with Crippen molar-refractivity contribution in [3.05, 3.63) is 70.0 Å². The molecule has 1 heterocycles. The minimum Gasteiger partial charge on any atom is -0.444 e. The Morgan fingerprint density at radius 1 is 0.947 bits per heavy atom. The van der Waals surface area contributed by atoms with Crippen LogP contribution in [0, 0.1) is 12.7 Å². The minimum atomic E-state index is -5.11. The second kappa shape index (κ2) is 10.5. The molecule has 2 aromatic carbocycles. The summed E-state index contributed by atoms with van der Waals surface area (Å²) in [4.78, 5) is 27.1. The quantitative estimate of drug-likeness (QED) is 0.435. The van der Waals surface area contributed by atoms with Gasteiger partial charge in [-0.3, -0.25) is 4.79 Å². The van der Waals surface area contributed by atoms with Gasteiger partial charge in [-0.1, -0.05) is 6.07 Å². The lowest BCUT2D eigenvalue weighted by Gasteiger charge is -2.40. The third-order valence-electron chi connectivity index (χ3n) is 6.06. The van der Waals surface area contributed by atoms with Crippen LogP contribution in [0.1, 0.15) is 65.7 Å². The highest BCUT2D eigenvalue weighted by Gasteiger charge is 2.39. The number of nitrogens with one attached hydrogen (secondary N) is 1. The highest BCUT2D eigenvalue weighted by atomic mass is 19.4. The average Bonchev–Trinajstić information content (AvgIpc) is 2.77. The van der Waals surface area contributed by atoms with Crippen molar-refractivity contribution in [1.82, 2.24) is 10.2 Å². The largest absolute Gasteiger partial charge is 0.444 e. The second-order valence-corrected chi connectivity index (χ2v) is 10.2. The summed E-state index contributed by atoms with van der Waals surface area (Å²) in [5.41, 5.74) is -3.75. The van der Waals surface area contributed by atoms with Gasteiger partial charge in [0.15, 0.2) is 0 Å². The number of hydrogen-bond acceptors (Lipinski definition) is 3. The van der Waals surface area contributed by atoms with Gasteiger partial charge in [0.25, 0.3) is 5.91 Å². The Balaban J connectivity index is 1.95. The number of nitrogens with zero attached hydrogens (tertiary/aromatic N) is 1. The molecule has 1 saturated heterocycles. The monoisotopic (exact) mass is 548 g/mol. The Kier molecular flexibility index (Phi) is 8.05. The smallest absolute Gasteiger partial charge is 0.416 e. The third kappa shape index (κ3) is 7.16. The summed E-state index contributed by atoms with van der Waals surface area (Å²) in [6, 6.07) is 3.80. The zero-order valence-electron chi connectivity index (χ0n) is 21.1. The van der Waals surface area contributed by atoms with Gasteiger partial charge in [0.2, 0.25) is 0 Å². The summed E-state index contributed by atoms with van der Waals surface area (Å²) in [5.74, 6) is -2.30. The van der Waals surface area contributed by atoms with E-state index in [0.717, 1.165) is 0 Å². The minimum absolute atomic E-state index is 0.0166. The summed E-state index contributed by atoms with van der Waals surface area (Å²) in [6.45, 7) is 6.79. The Labute approximate surface area is 214 Å². The predicted octanol–water partition coefficient (Wildman–Crippen LogP) is 6.69. The first-order valence-corrected chi connectivity index (χ1v) is 11.7. The van der Waals surface area contributed by atoms with Gasteiger partial charge in [0.05, 0.1) is 11.1 Å². The Hall–Kier alpha value is -3.31. The van der Waals surface area contributed by atoms with Gasteiger partial charge in [-0.25, -0.2) is 9.18 Å². The lowest BCUT2D eigenvalue weighted by Crippen LogP contribution is -2.52. The van der Waals surface area contributed by atoms with Crippen LogP contribution < -0.4 is 5.32 Å². The summed E-state index contributed by atoms with van der Waals surface area (Å²) in [7, 11) is 0. The van der Waals surface area contributed by atoms with E-state index >= 15 is 0 Å². The fourth-order valence-electron chi connectivity index (χ4n) is 4.33. The molecule has 2 atom stereocenters. The van der Waals surface area contributed by atoms with E-state index in [-0.39, 0.29) is 25.6 Å². The SMILES string of the molecule is Cc1cc(F)ccc1C1CN(C(=O)OC(C)(C)C)CCC1NC(=O)c1cc(C(F)(F)F)cc(C(F)(F)F)c1. The van der Waals surface area contributed by atoms with E-state index in [1.54, 1.807) is 27.7 Å². The molecule has 0 aromatic heterocycles. The van der Waals surface area contributed by atoms with Crippen molar-refractivity contribution in [3.63, 3.8) is 0 Å². The molecule has 2 aromatic rings. The van der Waals surface area contributed by atoms with Crippen LogP contribution in [0.4, 0.5) is 35.5 Å². The number of rotatable bonds is 3. The van der Waals surface area contributed by atoms with E-state index < -0.39 is 64.4 Å². The normalized spacial score (nSPS) is 18.8. The van der Waals surface area contributed by atoms with Crippen LogP contribution in [-0.4, -0.2) is 41.6 Å². The maximum Gasteiger partial charge on any atom is 0.416 e. The molecule has 1 N–H and O–H groups in total. The number of halogens is 7. The second-order valence-electron chi connectivity index (χ2n) is 10.2. The number of carbonyl (C=O) groups excluding carboxylic acids is 2. The number of carbonyl (C=O) groups is 2. The Morgan fingerprint density at radius 3 is 2.03 bits per heavy atom. The summed E-state index contributed by atoms with van der Waals surface area (Å²) >= 11 is 0. The topological polar surface area (TPSA) is 58.6 Å². The lowest BCUT2D eigenvalue weighted by molar-refractivity contribution is -0.143. The van der Waals surface area contributed by atoms with Gasteiger partial charge in [-0.05, 0) is 75.6 Å². The standard InChI is InChI=1S/C26H27F7N2O3/c1-14-9-18(27)5-6-19(14)20-13-35(23(37)38-24(2,3)4)8-7-21(20)34-22(36)15-10-16(25(28,29)30)12-17(11-15)26(31,32)33/h5-6,9-12,20-21H,7-8,13H2,1-4H3,(H,34,36). The molecule has 12 heteroatoms. The number of hydrogen-bond donors (Lipinski definition) is 1. The number of piperidine rings is 1. The van der Waals surface area contributed by atoms with Crippen molar-refractivity contribution in [1.29, 1.82) is 0 Å². The van der Waals surface area contributed by atoms with Crippen LogP contribution in [0.25, 0.3) is 0 Å². The van der Waals surface area contributed by atoms with Crippen molar-refractivity contribution >= 4 is 12.0 Å². The Morgan fingerprint density at radius 2 is 1.53 bits per heavy atom. The molecule has 0 spiro atoms. The highest BCUT2D eigenvalue weighted by Crippen LogP contribution is 2.37. The third-order valence-corrected chi connectivity index (χ3v) is 6.06. The molecule has 1 aliphatic rings. The van der Waals surface area contributed by atoms with E-state index in [9.17, 15) is 40.3 Å². The molecule has 3 rings (SSSR count). The van der Waals surface area contributed by atoms with Gasteiger partial charge in [0, 0.05) is 30.6 Å². The first-order valence-electron chi connectivity index (χ1n) is 11.7. The van der Waals surface area contributed by atoms with Gasteiger partial charge >= 0.3 is 18.4 Å². The highest BCUT2D eigenvalue weighted by molar-refractivity contribution is 5.95. The molecule has 5 nitrogen and oxygen atoms in total. The molecule has 0 aliphatic carbocycles. The fraction of sp³-hybridized carbons (Fsp3) is 0.462. The maximum atomic E-state index is 13.8. The van der Waals surface area contributed by atoms with Crippen LogP contribution in [0.15, 0.2) is 36.4 Å². The van der Waals surface area contributed by atoms with Crippen molar-refractivity contribution in [2.45, 2.75) is 64.0 Å². The van der Waals surface area contributed by atoms with Crippen molar-refractivity contribution in [2.75, 3.05) is 13.1 Å². The number of alkyl halides is 6. The van der Waals surface area contributed by atoms with Crippen molar-refractivity contribution in [2.24, 2.45) is 0 Å². The van der Waals surface area contributed by atoms with Crippen LogP contribution in [0.3, 0.4) is 0 Å². The van der Waals surface area contributed by atoms with E-state index in [0.29, 0.717) is 23.3 Å². The van der Waals surface area contributed by atoms with Crippen LogP contribution in [0.5, 0.6) is 0 Å². The summed E-state index contributed by atoms with van der Waals surface area (Å²) < 4.78 is 98.8. The number of benzene rings is 2. The van der Waals surface area contributed by atoms with Gasteiger partial charge in [-0.15, -0.1) is 0 Å². The molecular formula is C26H27F7N2O3. The van der Waals surface area contributed by atoms with Crippen molar-refractivity contribution < 1.29 is 45.1 Å². The molecule has 38 heavy (non-hydrogen) atoms. The van der Waals surface area contributed by atoms with Crippen molar-refractivity contribution in [3.8, 4) is 0 Å². The van der Waals surface area contributed by atoms with E-state index in [1.165, 1.54) is 23.1 Å². The van der Waals surface area contributed by atoms with Crippen LogP contribution in [-0.2, 0) is 17.1 Å².